The van der Waals surface area contributed by atoms with Gasteiger partial charge in [0.05, 0.1) is 24.1 Å². The Labute approximate surface area is 173 Å². The number of hydrogen-bond donors (Lipinski definition) is 1. The van der Waals surface area contributed by atoms with Crippen molar-refractivity contribution in [3.63, 3.8) is 0 Å². The number of rotatable bonds is 9. The van der Waals surface area contributed by atoms with Gasteiger partial charge in [-0.1, -0.05) is 42.8 Å². The van der Waals surface area contributed by atoms with Crippen LogP contribution in [0.4, 0.5) is 5.69 Å². The molecule has 0 radical (unpaired) electrons. The largest absolute Gasteiger partial charge is 0.491 e. The molecule has 0 fully saturated rings. The van der Waals surface area contributed by atoms with E-state index in [1.165, 1.54) is 0 Å². The molecule has 7 heteroatoms. The number of nitrogens with zero attached hydrogens (tertiary/aromatic N) is 1. The van der Waals surface area contributed by atoms with Crippen LogP contribution in [0, 0.1) is 6.92 Å². The number of benzene rings is 2. The molecule has 0 spiro atoms. The summed E-state index contributed by atoms with van der Waals surface area (Å²) in [5.41, 5.74) is 2.52. The van der Waals surface area contributed by atoms with Crippen LogP contribution < -0.4 is 14.4 Å². The molecule has 2 aromatic rings. The Morgan fingerprint density at radius 3 is 2.34 bits per heavy atom. The lowest BCUT2D eigenvalue weighted by Gasteiger charge is -2.24. The molecule has 0 aliphatic heterocycles. The SMILES string of the molecule is CC[C@H](NC(=O)CN(c1cccc(OC(C)C)c1)S(C)(=O)=O)c1ccc(C)cc1. The summed E-state index contributed by atoms with van der Waals surface area (Å²) in [6.45, 7) is 7.47. The van der Waals surface area contributed by atoms with Gasteiger partial charge in [0.1, 0.15) is 12.3 Å². The minimum Gasteiger partial charge on any atom is -0.491 e. The standard InChI is InChI=1S/C22H30N2O4S/c1-6-21(18-12-10-17(4)11-13-18)23-22(25)15-24(29(5,26)27)19-8-7-9-20(14-19)28-16(2)3/h7-14,16,21H,6,15H2,1-5H3,(H,23,25)/t21-/m0/s1. The third-order valence-corrected chi connectivity index (χ3v) is 5.53. The van der Waals surface area contributed by atoms with E-state index < -0.39 is 10.0 Å². The molecule has 29 heavy (non-hydrogen) atoms. The number of anilines is 1. The molecule has 2 aromatic carbocycles. The van der Waals surface area contributed by atoms with Crippen molar-refractivity contribution < 1.29 is 17.9 Å². The molecule has 0 saturated heterocycles. The Morgan fingerprint density at radius 1 is 1.14 bits per heavy atom. The Kier molecular flexibility index (Phi) is 7.67. The Bertz CT molecular complexity index is 924. The fourth-order valence-corrected chi connectivity index (χ4v) is 3.82. The first kappa shape index (κ1) is 22.7. The van der Waals surface area contributed by atoms with Gasteiger partial charge in [-0.15, -0.1) is 0 Å². The van der Waals surface area contributed by atoms with E-state index in [1.54, 1.807) is 24.3 Å². The normalized spacial score (nSPS) is 12.5. The average molecular weight is 419 g/mol. The molecule has 0 bridgehead atoms. The number of ether oxygens (including phenoxy) is 1. The van der Waals surface area contributed by atoms with Gasteiger partial charge in [0.25, 0.3) is 0 Å². The summed E-state index contributed by atoms with van der Waals surface area (Å²) in [4.78, 5) is 12.7. The van der Waals surface area contributed by atoms with Crippen molar-refractivity contribution in [2.75, 3.05) is 17.1 Å². The first-order valence-corrected chi connectivity index (χ1v) is 11.5. The van der Waals surface area contributed by atoms with Crippen LogP contribution in [0.15, 0.2) is 48.5 Å². The lowest BCUT2D eigenvalue weighted by molar-refractivity contribution is -0.120. The molecule has 1 amide bonds. The number of carbonyl (C=O) groups excluding carboxylic acids is 1. The minimum atomic E-state index is -3.65. The number of carbonyl (C=O) groups is 1. The van der Waals surface area contributed by atoms with E-state index in [2.05, 4.69) is 5.32 Å². The van der Waals surface area contributed by atoms with E-state index in [0.717, 1.165) is 21.7 Å². The van der Waals surface area contributed by atoms with E-state index in [0.29, 0.717) is 17.9 Å². The number of sulfonamides is 1. The zero-order chi connectivity index (χ0) is 21.6. The number of hydrogen-bond acceptors (Lipinski definition) is 4. The molecule has 0 aliphatic carbocycles. The van der Waals surface area contributed by atoms with E-state index in [4.69, 9.17) is 4.74 Å². The van der Waals surface area contributed by atoms with Gasteiger partial charge < -0.3 is 10.1 Å². The van der Waals surface area contributed by atoms with E-state index in [-0.39, 0.29) is 24.6 Å². The highest BCUT2D eigenvalue weighted by Crippen LogP contribution is 2.24. The van der Waals surface area contributed by atoms with Gasteiger partial charge in [0.15, 0.2) is 0 Å². The van der Waals surface area contributed by atoms with Crippen LogP contribution in [0.1, 0.15) is 44.4 Å². The summed E-state index contributed by atoms with van der Waals surface area (Å²) in [7, 11) is -3.65. The molecular weight excluding hydrogens is 388 g/mol. The van der Waals surface area contributed by atoms with Crippen LogP contribution in [-0.2, 0) is 14.8 Å². The van der Waals surface area contributed by atoms with Crippen LogP contribution >= 0.6 is 0 Å². The van der Waals surface area contributed by atoms with Crippen LogP contribution in [-0.4, -0.2) is 33.2 Å². The highest BCUT2D eigenvalue weighted by Gasteiger charge is 2.23. The molecule has 0 aromatic heterocycles. The Morgan fingerprint density at radius 2 is 1.79 bits per heavy atom. The summed E-state index contributed by atoms with van der Waals surface area (Å²) in [5, 5.41) is 2.95. The predicted octanol–water partition coefficient (Wildman–Crippen LogP) is 3.82. The van der Waals surface area contributed by atoms with Crippen molar-refractivity contribution in [2.45, 2.75) is 46.3 Å². The molecule has 6 nitrogen and oxygen atoms in total. The van der Waals surface area contributed by atoms with Crippen molar-refractivity contribution in [1.82, 2.24) is 5.32 Å². The minimum absolute atomic E-state index is 0.0416. The molecule has 0 saturated carbocycles. The van der Waals surface area contributed by atoms with Crippen molar-refractivity contribution in [3.8, 4) is 5.75 Å². The lowest BCUT2D eigenvalue weighted by atomic mass is 10.0. The topological polar surface area (TPSA) is 75.7 Å². The molecule has 1 atom stereocenters. The molecule has 0 unspecified atom stereocenters. The van der Waals surface area contributed by atoms with Gasteiger partial charge in [-0.2, -0.15) is 0 Å². The van der Waals surface area contributed by atoms with Crippen molar-refractivity contribution in [3.05, 3.63) is 59.7 Å². The second-order valence-electron chi connectivity index (χ2n) is 7.37. The third-order valence-electron chi connectivity index (χ3n) is 4.39. The van der Waals surface area contributed by atoms with Crippen molar-refractivity contribution in [1.29, 1.82) is 0 Å². The van der Waals surface area contributed by atoms with Crippen molar-refractivity contribution >= 4 is 21.6 Å². The maximum absolute atomic E-state index is 12.7. The second-order valence-corrected chi connectivity index (χ2v) is 9.28. The average Bonchev–Trinajstić information content (AvgIpc) is 2.64. The van der Waals surface area contributed by atoms with E-state index in [9.17, 15) is 13.2 Å². The summed E-state index contributed by atoms with van der Waals surface area (Å²) >= 11 is 0. The summed E-state index contributed by atoms with van der Waals surface area (Å²) in [6, 6.07) is 14.5. The zero-order valence-corrected chi connectivity index (χ0v) is 18.5. The summed E-state index contributed by atoms with van der Waals surface area (Å²) < 4.78 is 31.5. The van der Waals surface area contributed by atoms with Gasteiger partial charge in [-0.25, -0.2) is 8.42 Å². The van der Waals surface area contributed by atoms with Gasteiger partial charge in [-0.3, -0.25) is 9.10 Å². The molecule has 1 N–H and O–H groups in total. The number of aryl methyl sites for hydroxylation is 1. The fourth-order valence-electron chi connectivity index (χ4n) is 2.97. The Balaban J connectivity index is 2.20. The summed E-state index contributed by atoms with van der Waals surface area (Å²) in [6.07, 6.45) is 1.75. The Hall–Kier alpha value is -2.54. The molecular formula is C22H30N2O4S. The number of nitrogens with one attached hydrogen (secondary N) is 1. The highest BCUT2D eigenvalue weighted by atomic mass is 32.2. The van der Waals surface area contributed by atoms with Crippen LogP contribution in [0.2, 0.25) is 0 Å². The maximum atomic E-state index is 12.7. The van der Waals surface area contributed by atoms with E-state index in [1.807, 2.05) is 52.0 Å². The van der Waals surface area contributed by atoms with Gasteiger partial charge in [-0.05, 0) is 44.9 Å². The summed E-state index contributed by atoms with van der Waals surface area (Å²) in [5.74, 6) is 0.190. The molecule has 0 heterocycles. The quantitative estimate of drug-likeness (QED) is 0.672. The van der Waals surface area contributed by atoms with Crippen molar-refractivity contribution in [2.24, 2.45) is 0 Å². The first-order chi connectivity index (χ1) is 13.6. The monoisotopic (exact) mass is 418 g/mol. The van der Waals surface area contributed by atoms with E-state index >= 15 is 0 Å². The first-order valence-electron chi connectivity index (χ1n) is 9.70. The van der Waals surface area contributed by atoms with Crippen LogP contribution in [0.25, 0.3) is 0 Å². The predicted molar refractivity (Wildman–Crippen MR) is 117 cm³/mol. The van der Waals surface area contributed by atoms with Crippen LogP contribution in [0.5, 0.6) is 5.75 Å². The smallest absolute Gasteiger partial charge is 0.241 e. The van der Waals surface area contributed by atoms with Gasteiger partial charge in [0, 0.05) is 6.07 Å². The maximum Gasteiger partial charge on any atom is 0.241 e. The molecule has 158 valence electrons. The second kappa shape index (κ2) is 9.78. The fraction of sp³-hybridized carbons (Fsp3) is 0.409. The van der Waals surface area contributed by atoms with Crippen LogP contribution in [0.3, 0.4) is 0 Å². The van der Waals surface area contributed by atoms with Gasteiger partial charge in [0.2, 0.25) is 15.9 Å². The number of amides is 1. The lowest BCUT2D eigenvalue weighted by Crippen LogP contribution is -2.41. The highest BCUT2D eigenvalue weighted by molar-refractivity contribution is 7.92. The third kappa shape index (κ3) is 6.78. The molecule has 0 aliphatic rings. The zero-order valence-electron chi connectivity index (χ0n) is 17.7. The molecule has 2 rings (SSSR count). The van der Waals surface area contributed by atoms with Gasteiger partial charge >= 0.3 is 0 Å².